The van der Waals surface area contributed by atoms with E-state index >= 15 is 0 Å². The van der Waals surface area contributed by atoms with E-state index in [1.54, 1.807) is 13.0 Å². The van der Waals surface area contributed by atoms with E-state index < -0.39 is 25.2 Å². The number of carbonyl (C=O) groups excluding carboxylic acids is 1. The standard InChI is InChI=1S/C22H24F4N2O3.C3H8/c1-5-20(30)27-11-16-10-18(13(2)21(19(16)12-29)28(4)14(3)23)15-6-8-17(9-7-15)31-22(24,25)26;1-3-2/h5-10,14,29H,1,11-12H2,2-4H3,(H,27,30);3H2,1-2H3. The Labute approximate surface area is 198 Å². The summed E-state index contributed by atoms with van der Waals surface area (Å²) in [4.78, 5) is 13.0. The molecule has 0 aliphatic heterocycles. The maximum absolute atomic E-state index is 14.2. The Kier molecular flexibility index (Phi) is 11.1. The molecule has 0 fully saturated rings. The van der Waals surface area contributed by atoms with Crippen molar-refractivity contribution in [2.75, 3.05) is 11.9 Å². The molecule has 1 unspecified atom stereocenters. The minimum absolute atomic E-state index is 0.0464. The van der Waals surface area contributed by atoms with Crippen molar-refractivity contribution in [3.8, 4) is 16.9 Å². The van der Waals surface area contributed by atoms with Crippen molar-refractivity contribution in [3.05, 3.63) is 59.7 Å². The van der Waals surface area contributed by atoms with Crippen molar-refractivity contribution in [2.24, 2.45) is 0 Å². The van der Waals surface area contributed by atoms with Gasteiger partial charge in [0.25, 0.3) is 0 Å². The third kappa shape index (κ3) is 8.06. The first-order chi connectivity index (χ1) is 15.9. The fourth-order valence-corrected chi connectivity index (χ4v) is 3.26. The first-order valence-electron chi connectivity index (χ1n) is 10.8. The zero-order chi connectivity index (χ0) is 26.1. The molecule has 34 heavy (non-hydrogen) atoms. The van der Waals surface area contributed by atoms with E-state index in [4.69, 9.17) is 0 Å². The van der Waals surface area contributed by atoms with Gasteiger partial charge in [-0.2, -0.15) is 0 Å². The summed E-state index contributed by atoms with van der Waals surface area (Å²) in [5.74, 6) is -0.789. The third-order valence-electron chi connectivity index (χ3n) is 4.83. The van der Waals surface area contributed by atoms with Gasteiger partial charge in [-0.15, -0.1) is 13.2 Å². The van der Waals surface area contributed by atoms with E-state index in [1.165, 1.54) is 49.6 Å². The number of aliphatic hydroxyl groups excluding tert-OH is 1. The zero-order valence-electron chi connectivity index (χ0n) is 20.1. The van der Waals surface area contributed by atoms with Gasteiger partial charge in [0.1, 0.15) is 5.75 Å². The molecule has 2 aromatic carbocycles. The normalized spacial score (nSPS) is 11.7. The topological polar surface area (TPSA) is 61.8 Å². The van der Waals surface area contributed by atoms with Crippen LogP contribution in [-0.4, -0.2) is 30.7 Å². The van der Waals surface area contributed by atoms with Crippen LogP contribution >= 0.6 is 0 Å². The number of aliphatic hydroxyl groups is 1. The Morgan fingerprint density at radius 3 is 2.26 bits per heavy atom. The van der Waals surface area contributed by atoms with Crippen LogP contribution in [0.15, 0.2) is 43.0 Å². The van der Waals surface area contributed by atoms with Crippen LogP contribution < -0.4 is 15.0 Å². The van der Waals surface area contributed by atoms with Crippen LogP contribution in [0.25, 0.3) is 11.1 Å². The molecule has 2 aromatic rings. The van der Waals surface area contributed by atoms with Crippen LogP contribution in [-0.2, 0) is 17.9 Å². The number of amides is 1. The highest BCUT2D eigenvalue weighted by molar-refractivity contribution is 5.87. The maximum atomic E-state index is 14.2. The van der Waals surface area contributed by atoms with E-state index in [2.05, 4.69) is 30.5 Å². The molecule has 5 nitrogen and oxygen atoms in total. The number of carbonyl (C=O) groups is 1. The number of anilines is 1. The first-order valence-corrected chi connectivity index (χ1v) is 10.8. The van der Waals surface area contributed by atoms with Crippen LogP contribution in [0.4, 0.5) is 23.2 Å². The Morgan fingerprint density at radius 1 is 1.26 bits per heavy atom. The second-order valence-corrected chi connectivity index (χ2v) is 7.58. The highest BCUT2D eigenvalue weighted by atomic mass is 19.4. The Hall–Kier alpha value is -3.07. The van der Waals surface area contributed by atoms with Crippen LogP contribution in [0.3, 0.4) is 0 Å². The molecule has 0 aliphatic rings. The fourth-order valence-electron chi connectivity index (χ4n) is 3.26. The second kappa shape index (κ2) is 13.0. The van der Waals surface area contributed by atoms with Crippen molar-refractivity contribution in [1.29, 1.82) is 0 Å². The van der Waals surface area contributed by atoms with Gasteiger partial charge in [0, 0.05) is 24.8 Å². The summed E-state index contributed by atoms with van der Waals surface area (Å²) in [5, 5.41) is 12.6. The minimum atomic E-state index is -4.80. The quantitative estimate of drug-likeness (QED) is 0.273. The molecule has 0 aromatic heterocycles. The monoisotopic (exact) mass is 484 g/mol. The number of benzene rings is 2. The SMILES string of the molecule is C=CC(=O)NCc1cc(-c2ccc(OC(F)(F)F)cc2)c(C)c(N(C)C(C)F)c1CO.CCC. The number of halogens is 4. The average molecular weight is 485 g/mol. The van der Waals surface area contributed by atoms with Crippen molar-refractivity contribution < 1.29 is 32.2 Å². The molecule has 0 radical (unpaired) electrons. The third-order valence-corrected chi connectivity index (χ3v) is 4.83. The summed E-state index contributed by atoms with van der Waals surface area (Å²) < 4.78 is 55.4. The van der Waals surface area contributed by atoms with E-state index in [-0.39, 0.29) is 12.3 Å². The summed E-state index contributed by atoms with van der Waals surface area (Å²) >= 11 is 0. The van der Waals surface area contributed by atoms with E-state index in [1.807, 2.05) is 0 Å². The molecule has 0 spiro atoms. The highest BCUT2D eigenvalue weighted by Crippen LogP contribution is 2.38. The van der Waals surface area contributed by atoms with Gasteiger partial charge in [-0.25, -0.2) is 4.39 Å². The van der Waals surface area contributed by atoms with Crippen LogP contribution in [0.5, 0.6) is 5.75 Å². The molecule has 2 N–H and O–H groups in total. The summed E-state index contributed by atoms with van der Waals surface area (Å²) in [6, 6.07) is 6.99. The lowest BCUT2D eigenvalue weighted by atomic mass is 9.91. The van der Waals surface area contributed by atoms with Crippen molar-refractivity contribution >= 4 is 11.6 Å². The number of hydrogen-bond acceptors (Lipinski definition) is 4. The predicted molar refractivity (Wildman–Crippen MR) is 126 cm³/mol. The zero-order valence-corrected chi connectivity index (χ0v) is 20.1. The van der Waals surface area contributed by atoms with Gasteiger partial charge < -0.3 is 20.1 Å². The van der Waals surface area contributed by atoms with Crippen LogP contribution in [0, 0.1) is 6.92 Å². The molecular weight excluding hydrogens is 452 g/mol. The number of ether oxygens (including phenoxy) is 1. The predicted octanol–water partition coefficient (Wildman–Crippen LogP) is 6.02. The lowest BCUT2D eigenvalue weighted by Crippen LogP contribution is -2.28. The van der Waals surface area contributed by atoms with E-state index in [9.17, 15) is 27.5 Å². The van der Waals surface area contributed by atoms with Crippen LogP contribution in [0.1, 0.15) is 43.9 Å². The molecule has 188 valence electrons. The van der Waals surface area contributed by atoms with Gasteiger partial charge in [-0.3, -0.25) is 4.79 Å². The summed E-state index contributed by atoms with van der Waals surface area (Å²) in [7, 11) is 1.53. The molecule has 9 heteroatoms. The van der Waals surface area contributed by atoms with E-state index in [0.717, 1.165) is 6.08 Å². The molecule has 0 saturated carbocycles. The molecule has 0 bridgehead atoms. The summed E-state index contributed by atoms with van der Waals surface area (Å²) in [6.45, 7) is 10.4. The van der Waals surface area contributed by atoms with Gasteiger partial charge in [-0.05, 0) is 60.4 Å². The minimum Gasteiger partial charge on any atom is -0.406 e. The number of hydrogen-bond donors (Lipinski definition) is 2. The van der Waals surface area contributed by atoms with Crippen LogP contribution in [0.2, 0.25) is 0 Å². The first kappa shape index (κ1) is 29.0. The lowest BCUT2D eigenvalue weighted by Gasteiger charge is -2.29. The Morgan fingerprint density at radius 2 is 1.82 bits per heavy atom. The van der Waals surface area contributed by atoms with Gasteiger partial charge in [0.2, 0.25) is 5.91 Å². The van der Waals surface area contributed by atoms with Gasteiger partial charge in [0.15, 0.2) is 6.30 Å². The number of alkyl halides is 4. The van der Waals surface area contributed by atoms with Crippen molar-refractivity contribution in [2.45, 2.75) is 59.9 Å². The average Bonchev–Trinajstić information content (AvgIpc) is 2.77. The molecule has 1 atom stereocenters. The Bertz CT molecular complexity index is 958. The smallest absolute Gasteiger partial charge is 0.406 e. The Balaban J connectivity index is 0.00000182. The number of nitrogens with zero attached hydrogens (tertiary/aromatic N) is 1. The van der Waals surface area contributed by atoms with Crippen molar-refractivity contribution in [3.63, 3.8) is 0 Å². The molecule has 0 saturated heterocycles. The summed E-state index contributed by atoms with van der Waals surface area (Å²) in [6.07, 6.45) is -3.83. The molecule has 0 heterocycles. The molecule has 2 rings (SSSR count). The molecule has 1 amide bonds. The van der Waals surface area contributed by atoms with Gasteiger partial charge >= 0.3 is 6.36 Å². The summed E-state index contributed by atoms with van der Waals surface area (Å²) in [5.41, 5.74) is 3.22. The number of rotatable bonds is 8. The maximum Gasteiger partial charge on any atom is 0.573 e. The molecule has 0 aliphatic carbocycles. The van der Waals surface area contributed by atoms with E-state index in [0.29, 0.717) is 33.5 Å². The van der Waals surface area contributed by atoms with Gasteiger partial charge in [-0.1, -0.05) is 39.0 Å². The van der Waals surface area contributed by atoms with Gasteiger partial charge in [0.05, 0.1) is 6.61 Å². The fraction of sp³-hybridized carbons (Fsp3) is 0.400. The second-order valence-electron chi connectivity index (χ2n) is 7.58. The number of nitrogens with one attached hydrogen (secondary N) is 1. The van der Waals surface area contributed by atoms with Crippen molar-refractivity contribution in [1.82, 2.24) is 5.32 Å². The lowest BCUT2D eigenvalue weighted by molar-refractivity contribution is -0.274. The largest absolute Gasteiger partial charge is 0.573 e. The molecular formula is C25H32F4N2O3. The highest BCUT2D eigenvalue weighted by Gasteiger charge is 2.31.